The second-order valence-electron chi connectivity index (χ2n) is 7.62. The van der Waals surface area contributed by atoms with E-state index in [0.29, 0.717) is 17.1 Å². The van der Waals surface area contributed by atoms with E-state index in [1.54, 1.807) is 22.9 Å². The van der Waals surface area contributed by atoms with E-state index in [0.717, 1.165) is 22.5 Å². The van der Waals surface area contributed by atoms with E-state index in [4.69, 9.17) is 14.6 Å². The van der Waals surface area contributed by atoms with Crippen molar-refractivity contribution in [3.05, 3.63) is 96.2 Å². The molecule has 0 atom stereocenters. The molecule has 0 radical (unpaired) electrons. The van der Waals surface area contributed by atoms with Crippen LogP contribution >= 0.6 is 0 Å². The van der Waals surface area contributed by atoms with Crippen molar-refractivity contribution in [2.75, 3.05) is 20.8 Å². The van der Waals surface area contributed by atoms with Crippen molar-refractivity contribution in [2.45, 2.75) is 0 Å². The summed E-state index contributed by atoms with van der Waals surface area (Å²) >= 11 is 0. The normalized spacial score (nSPS) is 10.7. The average molecular weight is 484 g/mol. The fraction of sp³-hybridized carbons (Fsp3) is 0.111. The number of hydrazone groups is 1. The molecule has 0 fully saturated rings. The third-order valence-electron chi connectivity index (χ3n) is 5.26. The van der Waals surface area contributed by atoms with E-state index in [1.165, 1.54) is 20.4 Å². The molecule has 4 aromatic rings. The van der Waals surface area contributed by atoms with Crippen LogP contribution in [0.2, 0.25) is 0 Å². The van der Waals surface area contributed by atoms with Crippen molar-refractivity contribution in [3.8, 4) is 28.4 Å². The van der Waals surface area contributed by atoms with Gasteiger partial charge in [-0.2, -0.15) is 10.2 Å². The summed E-state index contributed by atoms with van der Waals surface area (Å²) in [4.78, 5) is 24.7. The van der Waals surface area contributed by atoms with Gasteiger partial charge in [-0.15, -0.1) is 0 Å². The van der Waals surface area contributed by atoms with Crippen LogP contribution in [0.1, 0.15) is 15.9 Å². The van der Waals surface area contributed by atoms with Gasteiger partial charge in [0.2, 0.25) is 0 Å². The van der Waals surface area contributed by atoms with Crippen molar-refractivity contribution in [2.24, 2.45) is 5.10 Å². The molecule has 2 amide bonds. The van der Waals surface area contributed by atoms with E-state index >= 15 is 0 Å². The van der Waals surface area contributed by atoms with Crippen LogP contribution in [-0.2, 0) is 4.79 Å². The lowest BCUT2D eigenvalue weighted by molar-refractivity contribution is -0.120. The summed E-state index contributed by atoms with van der Waals surface area (Å²) in [5.74, 6) is 0.0263. The predicted octanol–water partition coefficient (Wildman–Crippen LogP) is 3.44. The van der Waals surface area contributed by atoms with E-state index in [9.17, 15) is 9.59 Å². The number of amides is 2. The lowest BCUT2D eigenvalue weighted by atomic mass is 10.1. The van der Waals surface area contributed by atoms with Gasteiger partial charge in [0.1, 0.15) is 5.69 Å². The Labute approximate surface area is 208 Å². The minimum absolute atomic E-state index is 0.251. The second-order valence-corrected chi connectivity index (χ2v) is 7.62. The standard InChI is InChI=1S/C27H25N5O4/c1-35-23-14-13-20(15-24(23)36-2)27(34)28-17-25(33)30-29-16-21-18-32(22-11-7-4-8-12-22)31-26(21)19-9-5-3-6-10-19/h3-16,18H,17H2,1-2H3,(H,28,34)(H,30,33)/b29-16-. The minimum atomic E-state index is -0.475. The zero-order valence-electron chi connectivity index (χ0n) is 19.8. The quantitative estimate of drug-likeness (QED) is 0.280. The third-order valence-corrected chi connectivity index (χ3v) is 5.26. The molecule has 0 saturated heterocycles. The number of carbonyl (C=O) groups is 2. The smallest absolute Gasteiger partial charge is 0.259 e. The Bertz CT molecular complexity index is 1370. The lowest BCUT2D eigenvalue weighted by Gasteiger charge is -2.09. The van der Waals surface area contributed by atoms with E-state index in [1.807, 2.05) is 66.9 Å². The lowest BCUT2D eigenvalue weighted by Crippen LogP contribution is -2.34. The molecular formula is C27H25N5O4. The number of ether oxygens (including phenoxy) is 2. The molecule has 0 spiro atoms. The molecule has 0 unspecified atom stereocenters. The van der Waals surface area contributed by atoms with Crippen LogP contribution < -0.4 is 20.2 Å². The van der Waals surface area contributed by atoms with E-state index in [-0.39, 0.29) is 6.54 Å². The predicted molar refractivity (Wildman–Crippen MR) is 137 cm³/mol. The largest absolute Gasteiger partial charge is 0.493 e. The van der Waals surface area contributed by atoms with Crippen LogP contribution in [0.3, 0.4) is 0 Å². The van der Waals surface area contributed by atoms with Gasteiger partial charge in [-0.3, -0.25) is 9.59 Å². The molecule has 0 saturated carbocycles. The summed E-state index contributed by atoms with van der Waals surface area (Å²) in [5.41, 5.74) is 6.04. The van der Waals surface area contributed by atoms with Crippen LogP contribution in [0.5, 0.6) is 11.5 Å². The van der Waals surface area contributed by atoms with Crippen molar-refractivity contribution < 1.29 is 19.1 Å². The fourth-order valence-corrected chi connectivity index (χ4v) is 3.47. The Morgan fingerprint density at radius 3 is 2.33 bits per heavy atom. The van der Waals surface area contributed by atoms with Crippen molar-refractivity contribution >= 4 is 18.0 Å². The van der Waals surface area contributed by atoms with Gasteiger partial charge in [-0.25, -0.2) is 10.1 Å². The van der Waals surface area contributed by atoms with Gasteiger partial charge in [-0.05, 0) is 30.3 Å². The van der Waals surface area contributed by atoms with Gasteiger partial charge < -0.3 is 14.8 Å². The first kappa shape index (κ1) is 24.2. The highest BCUT2D eigenvalue weighted by Gasteiger charge is 2.13. The summed E-state index contributed by atoms with van der Waals surface area (Å²) in [6, 6.07) is 24.2. The number of methoxy groups -OCH3 is 2. The van der Waals surface area contributed by atoms with Crippen LogP contribution in [-0.4, -0.2) is 48.6 Å². The molecule has 0 aliphatic carbocycles. The first-order valence-corrected chi connectivity index (χ1v) is 11.1. The van der Waals surface area contributed by atoms with Gasteiger partial charge in [0.25, 0.3) is 11.8 Å². The van der Waals surface area contributed by atoms with Crippen molar-refractivity contribution in [1.29, 1.82) is 0 Å². The first-order chi connectivity index (χ1) is 17.6. The molecule has 36 heavy (non-hydrogen) atoms. The van der Waals surface area contributed by atoms with E-state index in [2.05, 4.69) is 15.8 Å². The van der Waals surface area contributed by atoms with Gasteiger partial charge >= 0.3 is 0 Å². The number of aromatic nitrogens is 2. The first-order valence-electron chi connectivity index (χ1n) is 11.1. The molecule has 1 heterocycles. The number of benzene rings is 3. The Morgan fingerprint density at radius 2 is 1.64 bits per heavy atom. The molecule has 3 aromatic carbocycles. The molecule has 1 aromatic heterocycles. The molecule has 2 N–H and O–H groups in total. The van der Waals surface area contributed by atoms with Crippen LogP contribution in [0.25, 0.3) is 16.9 Å². The maximum absolute atomic E-state index is 12.4. The van der Waals surface area contributed by atoms with Crippen LogP contribution in [0, 0.1) is 0 Å². The fourth-order valence-electron chi connectivity index (χ4n) is 3.47. The summed E-state index contributed by atoms with van der Waals surface area (Å²) in [7, 11) is 3.00. The highest BCUT2D eigenvalue weighted by molar-refractivity contribution is 5.97. The van der Waals surface area contributed by atoms with Gasteiger partial charge in [0.05, 0.1) is 32.7 Å². The number of nitrogens with zero attached hydrogens (tertiary/aromatic N) is 3. The summed E-state index contributed by atoms with van der Waals surface area (Å²) < 4.78 is 12.1. The Morgan fingerprint density at radius 1 is 0.944 bits per heavy atom. The Hall–Kier alpha value is -4.92. The van der Waals surface area contributed by atoms with Crippen LogP contribution in [0.4, 0.5) is 0 Å². The molecule has 0 aliphatic heterocycles. The molecule has 9 nitrogen and oxygen atoms in total. The minimum Gasteiger partial charge on any atom is -0.493 e. The Balaban J connectivity index is 1.42. The zero-order chi connectivity index (χ0) is 25.3. The number of nitrogens with one attached hydrogen (secondary N) is 2. The molecule has 9 heteroatoms. The molecule has 4 rings (SSSR count). The highest BCUT2D eigenvalue weighted by atomic mass is 16.5. The number of para-hydroxylation sites is 1. The second kappa shape index (κ2) is 11.5. The number of rotatable bonds is 9. The van der Waals surface area contributed by atoms with Gasteiger partial charge in [0.15, 0.2) is 11.5 Å². The SMILES string of the molecule is COc1ccc(C(=O)NCC(=O)N/N=C\c2cn(-c3ccccc3)nc2-c2ccccc2)cc1OC. The number of hydrogen-bond donors (Lipinski definition) is 2. The maximum Gasteiger partial charge on any atom is 0.259 e. The van der Waals surface area contributed by atoms with Gasteiger partial charge in [0, 0.05) is 22.9 Å². The van der Waals surface area contributed by atoms with E-state index < -0.39 is 11.8 Å². The van der Waals surface area contributed by atoms with Gasteiger partial charge in [-0.1, -0.05) is 48.5 Å². The molecule has 182 valence electrons. The summed E-state index contributed by atoms with van der Waals surface area (Å²) in [6.07, 6.45) is 3.37. The maximum atomic E-state index is 12.4. The summed E-state index contributed by atoms with van der Waals surface area (Å²) in [6.45, 7) is -0.251. The highest BCUT2D eigenvalue weighted by Crippen LogP contribution is 2.27. The molecular weight excluding hydrogens is 458 g/mol. The molecule has 0 bridgehead atoms. The van der Waals surface area contributed by atoms with Crippen molar-refractivity contribution in [3.63, 3.8) is 0 Å². The molecule has 0 aliphatic rings. The Kier molecular flexibility index (Phi) is 7.72. The average Bonchev–Trinajstić information content (AvgIpc) is 3.36. The summed E-state index contributed by atoms with van der Waals surface area (Å²) in [5, 5.41) is 11.3. The zero-order valence-corrected chi connectivity index (χ0v) is 19.8. The van der Waals surface area contributed by atoms with Crippen LogP contribution in [0.15, 0.2) is 90.2 Å². The number of hydrogen-bond acceptors (Lipinski definition) is 6. The number of carbonyl (C=O) groups excluding carboxylic acids is 2. The topological polar surface area (TPSA) is 107 Å². The third kappa shape index (κ3) is 5.76. The van der Waals surface area contributed by atoms with Crippen molar-refractivity contribution in [1.82, 2.24) is 20.5 Å². The monoisotopic (exact) mass is 483 g/mol.